The molecule has 1 aromatic rings. The number of hydrogen-bond acceptors (Lipinski definition) is 2. The van der Waals surface area contributed by atoms with Crippen LogP contribution in [0.15, 0.2) is 12.1 Å². The molecule has 3 rings (SSSR count). The third kappa shape index (κ3) is 1.76. The molecule has 3 nitrogen and oxygen atoms in total. The van der Waals surface area contributed by atoms with Crippen molar-refractivity contribution in [1.29, 1.82) is 0 Å². The van der Waals surface area contributed by atoms with Crippen LogP contribution in [0.4, 0.5) is 5.82 Å². The Morgan fingerprint density at radius 3 is 3.12 bits per heavy atom. The van der Waals surface area contributed by atoms with Crippen molar-refractivity contribution < 1.29 is 0 Å². The number of fused-ring (bicyclic) bond motifs is 1. The molecular formula is C13H19N3. The molecule has 2 aliphatic heterocycles. The van der Waals surface area contributed by atoms with Crippen molar-refractivity contribution in [3.63, 3.8) is 0 Å². The van der Waals surface area contributed by atoms with Crippen molar-refractivity contribution in [3.8, 4) is 0 Å². The highest BCUT2D eigenvalue weighted by molar-refractivity contribution is 5.69. The van der Waals surface area contributed by atoms with Crippen molar-refractivity contribution >= 4 is 11.4 Å². The predicted octanol–water partition coefficient (Wildman–Crippen LogP) is 2.00. The molecule has 3 heteroatoms. The van der Waals surface area contributed by atoms with Crippen LogP contribution < -0.4 is 10.6 Å². The normalized spacial score (nSPS) is 24.6. The van der Waals surface area contributed by atoms with Crippen LogP contribution in [0.2, 0.25) is 0 Å². The fraction of sp³-hybridized carbons (Fsp3) is 0.538. The van der Waals surface area contributed by atoms with Crippen molar-refractivity contribution in [2.45, 2.75) is 19.8 Å². The first-order valence-corrected chi connectivity index (χ1v) is 6.20. The SMILES string of the molecule is C[C@@H]1C=C(c2cc3c([nH]2)NCCC3)CNC1. The summed E-state index contributed by atoms with van der Waals surface area (Å²) in [5.74, 6) is 1.87. The van der Waals surface area contributed by atoms with Crippen LogP contribution >= 0.6 is 0 Å². The highest BCUT2D eigenvalue weighted by Crippen LogP contribution is 2.27. The molecule has 86 valence electrons. The van der Waals surface area contributed by atoms with E-state index in [-0.39, 0.29) is 0 Å². The van der Waals surface area contributed by atoms with Gasteiger partial charge < -0.3 is 15.6 Å². The summed E-state index contributed by atoms with van der Waals surface area (Å²) in [5.41, 5.74) is 4.15. The van der Waals surface area contributed by atoms with Crippen LogP contribution in [0.3, 0.4) is 0 Å². The number of aryl methyl sites for hydroxylation is 1. The maximum absolute atomic E-state index is 3.50. The minimum absolute atomic E-state index is 0.636. The molecule has 0 aromatic carbocycles. The zero-order chi connectivity index (χ0) is 11.0. The molecule has 3 heterocycles. The van der Waals surface area contributed by atoms with Crippen molar-refractivity contribution in [2.24, 2.45) is 5.92 Å². The van der Waals surface area contributed by atoms with Crippen LogP contribution in [-0.4, -0.2) is 24.6 Å². The van der Waals surface area contributed by atoms with Gasteiger partial charge in [0.2, 0.25) is 0 Å². The van der Waals surface area contributed by atoms with Gasteiger partial charge in [0.05, 0.1) is 0 Å². The average Bonchev–Trinajstić information content (AvgIpc) is 2.72. The molecule has 0 saturated heterocycles. The van der Waals surface area contributed by atoms with E-state index in [2.05, 4.69) is 34.7 Å². The molecule has 0 amide bonds. The molecule has 0 radical (unpaired) electrons. The number of aromatic nitrogens is 1. The maximum atomic E-state index is 3.50. The lowest BCUT2D eigenvalue weighted by atomic mass is 10.0. The van der Waals surface area contributed by atoms with E-state index in [4.69, 9.17) is 0 Å². The van der Waals surface area contributed by atoms with Gasteiger partial charge in [-0.1, -0.05) is 13.0 Å². The highest BCUT2D eigenvalue weighted by atomic mass is 15.0. The molecule has 1 aromatic heterocycles. The summed E-state index contributed by atoms with van der Waals surface area (Å²) < 4.78 is 0. The third-order valence-corrected chi connectivity index (χ3v) is 3.44. The quantitative estimate of drug-likeness (QED) is 0.673. The number of anilines is 1. The number of rotatable bonds is 1. The van der Waals surface area contributed by atoms with Crippen LogP contribution in [0, 0.1) is 5.92 Å². The highest BCUT2D eigenvalue weighted by Gasteiger charge is 2.16. The fourth-order valence-electron chi connectivity index (χ4n) is 2.60. The van der Waals surface area contributed by atoms with Gasteiger partial charge in [0.1, 0.15) is 5.82 Å². The molecule has 2 aliphatic rings. The van der Waals surface area contributed by atoms with Gasteiger partial charge in [0, 0.05) is 25.3 Å². The Balaban J connectivity index is 1.91. The van der Waals surface area contributed by atoms with Crippen LogP contribution in [0.1, 0.15) is 24.6 Å². The Bertz CT molecular complexity index is 393. The number of H-pyrrole nitrogens is 1. The lowest BCUT2D eigenvalue weighted by molar-refractivity contribution is 0.606. The summed E-state index contributed by atoms with van der Waals surface area (Å²) in [6.07, 6.45) is 4.83. The standard InChI is InChI=1S/C13H19N3/c1-9-5-11(8-14-7-9)12-6-10-3-2-4-15-13(10)16-12/h5-6,9,14-16H,2-4,7-8H2,1H3/t9-/m1/s1. The first-order valence-electron chi connectivity index (χ1n) is 6.20. The number of aromatic amines is 1. The number of hydrogen-bond donors (Lipinski definition) is 3. The Labute approximate surface area is 96.3 Å². The Morgan fingerprint density at radius 2 is 2.31 bits per heavy atom. The third-order valence-electron chi connectivity index (χ3n) is 3.44. The second-order valence-corrected chi connectivity index (χ2v) is 4.91. The van der Waals surface area contributed by atoms with Gasteiger partial charge >= 0.3 is 0 Å². The van der Waals surface area contributed by atoms with Crippen molar-refractivity contribution in [2.75, 3.05) is 25.0 Å². The van der Waals surface area contributed by atoms with Crippen LogP contribution in [0.5, 0.6) is 0 Å². The van der Waals surface area contributed by atoms with Crippen LogP contribution in [0.25, 0.3) is 5.57 Å². The largest absolute Gasteiger partial charge is 0.371 e. The lowest BCUT2D eigenvalue weighted by Crippen LogP contribution is -2.27. The second-order valence-electron chi connectivity index (χ2n) is 4.91. The van der Waals surface area contributed by atoms with Gasteiger partial charge in [0.15, 0.2) is 0 Å². The zero-order valence-electron chi connectivity index (χ0n) is 9.77. The predicted molar refractivity (Wildman–Crippen MR) is 67.6 cm³/mol. The lowest BCUT2D eigenvalue weighted by Gasteiger charge is -2.18. The molecule has 0 bridgehead atoms. The molecule has 16 heavy (non-hydrogen) atoms. The Morgan fingerprint density at radius 1 is 1.38 bits per heavy atom. The Kier molecular flexibility index (Phi) is 2.48. The first kappa shape index (κ1) is 9.97. The van der Waals surface area contributed by atoms with Gasteiger partial charge in [-0.15, -0.1) is 0 Å². The van der Waals surface area contributed by atoms with E-state index in [1.165, 1.54) is 35.5 Å². The molecular weight excluding hydrogens is 198 g/mol. The van der Waals surface area contributed by atoms with E-state index < -0.39 is 0 Å². The van der Waals surface area contributed by atoms with E-state index in [0.717, 1.165) is 19.6 Å². The molecule has 0 spiro atoms. The van der Waals surface area contributed by atoms with Gasteiger partial charge in [-0.05, 0) is 36.0 Å². The van der Waals surface area contributed by atoms with E-state index in [0.29, 0.717) is 5.92 Å². The van der Waals surface area contributed by atoms with Gasteiger partial charge in [0.25, 0.3) is 0 Å². The van der Waals surface area contributed by atoms with E-state index in [1.54, 1.807) is 0 Å². The smallest absolute Gasteiger partial charge is 0.106 e. The summed E-state index contributed by atoms with van der Waals surface area (Å²) in [7, 11) is 0. The van der Waals surface area contributed by atoms with Gasteiger partial charge in [-0.3, -0.25) is 0 Å². The zero-order valence-corrected chi connectivity index (χ0v) is 9.77. The molecule has 3 N–H and O–H groups in total. The summed E-state index contributed by atoms with van der Waals surface area (Å²) in [5, 5.41) is 6.88. The molecule has 0 saturated carbocycles. The Hall–Kier alpha value is -1.22. The summed E-state index contributed by atoms with van der Waals surface area (Å²) in [6.45, 7) is 5.44. The molecule has 0 aliphatic carbocycles. The summed E-state index contributed by atoms with van der Waals surface area (Å²) in [6, 6.07) is 2.31. The van der Waals surface area contributed by atoms with E-state index in [1.807, 2.05) is 0 Å². The fourth-order valence-corrected chi connectivity index (χ4v) is 2.60. The first-order chi connectivity index (χ1) is 7.83. The summed E-state index contributed by atoms with van der Waals surface area (Å²) >= 11 is 0. The van der Waals surface area contributed by atoms with Crippen LogP contribution in [-0.2, 0) is 6.42 Å². The molecule has 0 unspecified atom stereocenters. The van der Waals surface area contributed by atoms with Crippen molar-refractivity contribution in [1.82, 2.24) is 10.3 Å². The van der Waals surface area contributed by atoms with Crippen molar-refractivity contribution in [3.05, 3.63) is 23.4 Å². The second kappa shape index (κ2) is 3.98. The van der Waals surface area contributed by atoms with E-state index >= 15 is 0 Å². The summed E-state index contributed by atoms with van der Waals surface area (Å²) in [4.78, 5) is 3.50. The maximum Gasteiger partial charge on any atom is 0.106 e. The molecule has 1 atom stereocenters. The van der Waals surface area contributed by atoms with Gasteiger partial charge in [-0.2, -0.15) is 0 Å². The molecule has 0 fully saturated rings. The topological polar surface area (TPSA) is 39.9 Å². The number of nitrogens with one attached hydrogen (secondary N) is 3. The monoisotopic (exact) mass is 217 g/mol. The van der Waals surface area contributed by atoms with Gasteiger partial charge in [-0.25, -0.2) is 0 Å². The minimum atomic E-state index is 0.636. The van der Waals surface area contributed by atoms with E-state index in [9.17, 15) is 0 Å². The average molecular weight is 217 g/mol. The minimum Gasteiger partial charge on any atom is -0.371 e.